The number of rotatable bonds is 4. The first-order valence-corrected chi connectivity index (χ1v) is 8.65. The predicted molar refractivity (Wildman–Crippen MR) is 92.4 cm³/mol. The molecule has 6 heteroatoms. The zero-order chi connectivity index (χ0) is 16.9. The van der Waals surface area contributed by atoms with Crippen molar-refractivity contribution in [3.8, 4) is 0 Å². The number of hydrogen-bond donors (Lipinski definition) is 1. The van der Waals surface area contributed by atoms with E-state index < -0.39 is 0 Å². The van der Waals surface area contributed by atoms with Crippen molar-refractivity contribution in [3.05, 3.63) is 47.5 Å². The molecule has 1 fully saturated rings. The summed E-state index contributed by atoms with van der Waals surface area (Å²) in [6.45, 7) is 3.36. The molecule has 1 atom stereocenters. The highest BCUT2D eigenvalue weighted by molar-refractivity contribution is 5.74. The minimum atomic E-state index is -0.0235. The van der Waals surface area contributed by atoms with Crippen molar-refractivity contribution in [1.29, 1.82) is 0 Å². The molecule has 2 aromatic heterocycles. The SMILES string of the molecule is CCc1ccnc(CNC(=O)N2CCCCC2c2ccnn2C)c1. The van der Waals surface area contributed by atoms with Crippen LogP contribution in [0.5, 0.6) is 0 Å². The zero-order valence-corrected chi connectivity index (χ0v) is 14.4. The third kappa shape index (κ3) is 3.58. The molecular weight excluding hydrogens is 302 g/mol. The van der Waals surface area contributed by atoms with Crippen LogP contribution in [0.25, 0.3) is 0 Å². The minimum Gasteiger partial charge on any atom is -0.332 e. The number of urea groups is 1. The molecule has 0 spiro atoms. The number of aryl methyl sites for hydroxylation is 2. The van der Waals surface area contributed by atoms with Gasteiger partial charge in [-0.2, -0.15) is 5.10 Å². The molecule has 128 valence electrons. The highest BCUT2D eigenvalue weighted by Crippen LogP contribution is 2.30. The van der Waals surface area contributed by atoms with Gasteiger partial charge in [0, 0.05) is 26.0 Å². The number of amides is 2. The van der Waals surface area contributed by atoms with Gasteiger partial charge in [0.15, 0.2) is 0 Å². The summed E-state index contributed by atoms with van der Waals surface area (Å²) in [6.07, 6.45) is 7.74. The lowest BCUT2D eigenvalue weighted by Gasteiger charge is -2.35. The van der Waals surface area contributed by atoms with E-state index in [0.717, 1.165) is 43.6 Å². The van der Waals surface area contributed by atoms with Crippen LogP contribution >= 0.6 is 0 Å². The summed E-state index contributed by atoms with van der Waals surface area (Å²) in [7, 11) is 1.93. The summed E-state index contributed by atoms with van der Waals surface area (Å²) in [6, 6.07) is 6.14. The normalized spacial score (nSPS) is 17.8. The van der Waals surface area contributed by atoms with Gasteiger partial charge >= 0.3 is 6.03 Å². The van der Waals surface area contributed by atoms with Gasteiger partial charge in [-0.1, -0.05) is 6.92 Å². The van der Waals surface area contributed by atoms with Crippen LogP contribution in [0.15, 0.2) is 30.6 Å². The number of carbonyl (C=O) groups excluding carboxylic acids is 1. The molecule has 2 amide bonds. The first-order valence-electron chi connectivity index (χ1n) is 8.65. The lowest BCUT2D eigenvalue weighted by molar-refractivity contribution is 0.147. The van der Waals surface area contributed by atoms with Crippen LogP contribution in [0.4, 0.5) is 4.79 Å². The highest BCUT2D eigenvalue weighted by atomic mass is 16.2. The number of carbonyl (C=O) groups is 1. The van der Waals surface area contributed by atoms with Gasteiger partial charge in [0.25, 0.3) is 0 Å². The van der Waals surface area contributed by atoms with Crippen molar-refractivity contribution >= 4 is 6.03 Å². The molecule has 1 saturated heterocycles. The van der Waals surface area contributed by atoms with Crippen molar-refractivity contribution in [2.45, 2.75) is 45.2 Å². The maximum absolute atomic E-state index is 12.7. The number of likely N-dealkylation sites (tertiary alicyclic amines) is 1. The van der Waals surface area contributed by atoms with Gasteiger partial charge in [-0.25, -0.2) is 4.79 Å². The Morgan fingerprint density at radius 1 is 1.33 bits per heavy atom. The monoisotopic (exact) mass is 327 g/mol. The summed E-state index contributed by atoms with van der Waals surface area (Å²) in [5.41, 5.74) is 3.23. The van der Waals surface area contributed by atoms with E-state index in [2.05, 4.69) is 28.4 Å². The summed E-state index contributed by atoms with van der Waals surface area (Å²) in [4.78, 5) is 19.0. The minimum absolute atomic E-state index is 0.0235. The fourth-order valence-corrected chi connectivity index (χ4v) is 3.31. The van der Waals surface area contributed by atoms with Gasteiger partial charge in [-0.15, -0.1) is 0 Å². The van der Waals surface area contributed by atoms with Crippen LogP contribution in [0.3, 0.4) is 0 Å². The number of nitrogens with one attached hydrogen (secondary N) is 1. The second kappa shape index (κ2) is 7.47. The Morgan fingerprint density at radius 2 is 2.21 bits per heavy atom. The molecular formula is C18H25N5O. The summed E-state index contributed by atoms with van der Waals surface area (Å²) < 4.78 is 1.86. The first-order chi connectivity index (χ1) is 11.7. The van der Waals surface area contributed by atoms with E-state index in [4.69, 9.17) is 0 Å². The van der Waals surface area contributed by atoms with Crippen LogP contribution in [-0.4, -0.2) is 32.2 Å². The van der Waals surface area contributed by atoms with Crippen LogP contribution in [0, 0.1) is 0 Å². The fourth-order valence-electron chi connectivity index (χ4n) is 3.31. The van der Waals surface area contributed by atoms with Crippen molar-refractivity contribution in [3.63, 3.8) is 0 Å². The fraction of sp³-hybridized carbons (Fsp3) is 0.500. The van der Waals surface area contributed by atoms with Crippen LogP contribution < -0.4 is 5.32 Å². The molecule has 24 heavy (non-hydrogen) atoms. The van der Waals surface area contributed by atoms with E-state index in [9.17, 15) is 4.79 Å². The van der Waals surface area contributed by atoms with Gasteiger partial charge < -0.3 is 10.2 Å². The molecule has 0 bridgehead atoms. The molecule has 0 aromatic carbocycles. The van der Waals surface area contributed by atoms with Crippen LogP contribution in [-0.2, 0) is 20.0 Å². The third-order valence-corrected chi connectivity index (χ3v) is 4.67. The van der Waals surface area contributed by atoms with Gasteiger partial charge in [0.2, 0.25) is 0 Å². The van der Waals surface area contributed by atoms with Gasteiger partial charge in [-0.3, -0.25) is 9.67 Å². The van der Waals surface area contributed by atoms with Crippen LogP contribution in [0.1, 0.15) is 49.2 Å². The van der Waals surface area contributed by atoms with Gasteiger partial charge in [0.1, 0.15) is 0 Å². The molecule has 6 nitrogen and oxygen atoms in total. The Kier molecular flexibility index (Phi) is 5.13. The Bertz CT molecular complexity index is 696. The molecule has 1 N–H and O–H groups in total. The van der Waals surface area contributed by atoms with Crippen molar-refractivity contribution in [2.75, 3.05) is 6.54 Å². The Balaban J connectivity index is 1.67. The largest absolute Gasteiger partial charge is 0.332 e. The van der Waals surface area contributed by atoms with E-state index in [1.165, 1.54) is 5.56 Å². The van der Waals surface area contributed by atoms with E-state index in [1.54, 1.807) is 12.4 Å². The topological polar surface area (TPSA) is 63.1 Å². The van der Waals surface area contributed by atoms with Gasteiger partial charge in [-0.05, 0) is 49.4 Å². The average molecular weight is 327 g/mol. The summed E-state index contributed by atoms with van der Waals surface area (Å²) in [5, 5.41) is 7.27. The number of nitrogens with zero attached hydrogens (tertiary/aromatic N) is 4. The molecule has 1 aliphatic rings. The lowest BCUT2D eigenvalue weighted by Crippen LogP contribution is -2.45. The third-order valence-electron chi connectivity index (χ3n) is 4.67. The molecule has 0 aliphatic carbocycles. The highest BCUT2D eigenvalue weighted by Gasteiger charge is 2.29. The number of hydrogen-bond acceptors (Lipinski definition) is 3. The Labute approximate surface area is 142 Å². The summed E-state index contributed by atoms with van der Waals surface area (Å²) >= 11 is 0. The number of aromatic nitrogens is 3. The molecule has 1 unspecified atom stereocenters. The van der Waals surface area contributed by atoms with Crippen molar-refractivity contribution in [1.82, 2.24) is 25.0 Å². The Morgan fingerprint density at radius 3 is 2.96 bits per heavy atom. The second-order valence-corrected chi connectivity index (χ2v) is 6.25. The lowest BCUT2D eigenvalue weighted by atomic mass is 10.00. The zero-order valence-electron chi connectivity index (χ0n) is 14.4. The first kappa shape index (κ1) is 16.5. The quantitative estimate of drug-likeness (QED) is 0.939. The average Bonchev–Trinajstić information content (AvgIpc) is 3.05. The predicted octanol–water partition coefficient (Wildman–Crippen LogP) is 2.81. The van der Waals surface area contributed by atoms with E-state index >= 15 is 0 Å². The van der Waals surface area contributed by atoms with E-state index in [1.807, 2.05) is 28.8 Å². The standard InChI is InChI=1S/C18H25N5O/c1-3-14-7-9-19-15(12-14)13-20-18(24)23-11-5-4-6-17(23)16-8-10-21-22(16)2/h7-10,12,17H,3-6,11,13H2,1-2H3,(H,20,24). The second-order valence-electron chi connectivity index (χ2n) is 6.25. The maximum atomic E-state index is 12.7. The van der Waals surface area contributed by atoms with Crippen molar-refractivity contribution < 1.29 is 4.79 Å². The number of piperidine rings is 1. The molecule has 0 radical (unpaired) electrons. The number of pyridine rings is 1. The molecule has 0 saturated carbocycles. The summed E-state index contributed by atoms with van der Waals surface area (Å²) in [5.74, 6) is 0. The van der Waals surface area contributed by atoms with Crippen LogP contribution in [0.2, 0.25) is 0 Å². The van der Waals surface area contributed by atoms with Crippen molar-refractivity contribution in [2.24, 2.45) is 7.05 Å². The van der Waals surface area contributed by atoms with E-state index in [0.29, 0.717) is 6.54 Å². The molecule has 3 heterocycles. The Hall–Kier alpha value is -2.37. The van der Waals surface area contributed by atoms with Gasteiger partial charge in [0.05, 0.1) is 24.0 Å². The smallest absolute Gasteiger partial charge is 0.318 e. The molecule has 1 aliphatic heterocycles. The van der Waals surface area contributed by atoms with E-state index in [-0.39, 0.29) is 12.1 Å². The molecule has 3 rings (SSSR count). The molecule has 2 aromatic rings. The maximum Gasteiger partial charge on any atom is 0.318 e.